The monoisotopic (exact) mass is 293 g/mol. The Labute approximate surface area is 123 Å². The maximum Gasteiger partial charge on any atom is 0.310 e. The Morgan fingerprint density at radius 1 is 1.38 bits per heavy atom. The van der Waals surface area contributed by atoms with Gasteiger partial charge >= 0.3 is 5.69 Å². The molecule has 1 aromatic carbocycles. The number of nitro groups is 1. The van der Waals surface area contributed by atoms with E-state index in [9.17, 15) is 14.9 Å². The van der Waals surface area contributed by atoms with Crippen LogP contribution in [0.2, 0.25) is 0 Å². The summed E-state index contributed by atoms with van der Waals surface area (Å²) in [6.07, 6.45) is 0.923. The summed E-state index contributed by atoms with van der Waals surface area (Å²) in [5, 5.41) is 11.1. The Kier molecular flexibility index (Phi) is 3.76. The van der Waals surface area contributed by atoms with E-state index < -0.39 is 10.5 Å². The zero-order valence-corrected chi connectivity index (χ0v) is 12.6. The summed E-state index contributed by atoms with van der Waals surface area (Å²) in [5.41, 5.74) is -0.729. The first-order valence-corrected chi connectivity index (χ1v) is 6.75. The van der Waals surface area contributed by atoms with Crippen molar-refractivity contribution in [2.24, 2.45) is 0 Å². The lowest BCUT2D eigenvalue weighted by Gasteiger charge is -2.27. The number of aldehydes is 1. The molecule has 0 amide bonds. The molecule has 6 heteroatoms. The van der Waals surface area contributed by atoms with Gasteiger partial charge in [0.1, 0.15) is 18.0 Å². The van der Waals surface area contributed by atoms with E-state index in [0.29, 0.717) is 18.3 Å². The topological polar surface area (TPSA) is 78.7 Å². The number of ether oxygens (including phenoxy) is 2. The molecule has 0 aromatic heterocycles. The van der Waals surface area contributed by atoms with Crippen LogP contribution in [0.3, 0.4) is 0 Å². The van der Waals surface area contributed by atoms with Gasteiger partial charge in [-0.1, -0.05) is 0 Å². The molecule has 1 heterocycles. The Morgan fingerprint density at radius 3 is 2.52 bits per heavy atom. The second kappa shape index (κ2) is 5.11. The number of hydrogen-bond donors (Lipinski definition) is 0. The largest absolute Gasteiger partial charge is 0.480 e. The van der Waals surface area contributed by atoms with E-state index in [0.717, 1.165) is 0 Å². The van der Waals surface area contributed by atoms with Crippen LogP contribution in [-0.2, 0) is 4.74 Å². The molecule has 21 heavy (non-hydrogen) atoms. The van der Waals surface area contributed by atoms with Crippen LogP contribution in [-0.4, -0.2) is 28.5 Å². The number of hydrogen-bond acceptors (Lipinski definition) is 5. The van der Waals surface area contributed by atoms with Crippen LogP contribution in [0.1, 0.15) is 44.5 Å². The fraction of sp³-hybridized carbons (Fsp3) is 0.533. The summed E-state index contributed by atoms with van der Waals surface area (Å²) >= 11 is 0. The maximum absolute atomic E-state index is 11.1. The average Bonchev–Trinajstić information content (AvgIpc) is 2.56. The minimum absolute atomic E-state index is 0.101. The van der Waals surface area contributed by atoms with Gasteiger partial charge in [-0.2, -0.15) is 0 Å². The van der Waals surface area contributed by atoms with Crippen LogP contribution in [0, 0.1) is 10.1 Å². The van der Waals surface area contributed by atoms with E-state index in [1.165, 1.54) is 18.2 Å². The van der Waals surface area contributed by atoms with Gasteiger partial charge in [-0.3, -0.25) is 14.9 Å². The molecule has 6 nitrogen and oxygen atoms in total. The van der Waals surface area contributed by atoms with Gasteiger partial charge in [-0.05, 0) is 39.8 Å². The Morgan fingerprint density at radius 2 is 2.05 bits per heavy atom. The zero-order valence-electron chi connectivity index (χ0n) is 12.6. The SMILES string of the molecule is CC1(C)CC(Oc2cc(C=O)ccc2[N+](=O)[O-])C(C)(C)O1. The standard InChI is InChI=1S/C15H19NO5/c1-14(2)8-13(15(3,4)21-14)20-12-7-10(9-17)5-6-11(12)16(18)19/h5-7,9,13H,8H2,1-4H3. The average molecular weight is 293 g/mol. The highest BCUT2D eigenvalue weighted by Gasteiger charge is 2.48. The Balaban J connectivity index is 2.34. The molecule has 0 aliphatic carbocycles. The highest BCUT2D eigenvalue weighted by atomic mass is 16.6. The molecule has 0 bridgehead atoms. The van der Waals surface area contributed by atoms with Crippen molar-refractivity contribution >= 4 is 12.0 Å². The highest BCUT2D eigenvalue weighted by molar-refractivity contribution is 5.77. The first kappa shape index (κ1) is 15.4. The quantitative estimate of drug-likeness (QED) is 0.484. The van der Waals surface area contributed by atoms with E-state index in [4.69, 9.17) is 9.47 Å². The molecule has 1 unspecified atom stereocenters. The van der Waals surface area contributed by atoms with Crippen LogP contribution >= 0.6 is 0 Å². The van der Waals surface area contributed by atoms with Crippen LogP contribution < -0.4 is 4.74 Å². The molecule has 0 N–H and O–H groups in total. The van der Waals surface area contributed by atoms with Gasteiger partial charge in [-0.25, -0.2) is 0 Å². The van der Waals surface area contributed by atoms with Crippen LogP contribution in [0.15, 0.2) is 18.2 Å². The van der Waals surface area contributed by atoms with E-state index in [1.807, 2.05) is 27.7 Å². The lowest BCUT2D eigenvalue weighted by molar-refractivity contribution is -0.386. The fourth-order valence-corrected chi connectivity index (χ4v) is 2.70. The number of rotatable bonds is 4. The van der Waals surface area contributed by atoms with Crippen LogP contribution in [0.4, 0.5) is 5.69 Å². The van der Waals surface area contributed by atoms with Gasteiger partial charge in [0.15, 0.2) is 5.75 Å². The van der Waals surface area contributed by atoms with Gasteiger partial charge in [0.05, 0.1) is 10.5 Å². The van der Waals surface area contributed by atoms with Crippen molar-refractivity contribution < 1.29 is 19.2 Å². The van der Waals surface area contributed by atoms with Gasteiger partial charge in [0.25, 0.3) is 0 Å². The molecule has 2 rings (SSSR count). The van der Waals surface area contributed by atoms with Crippen molar-refractivity contribution in [1.82, 2.24) is 0 Å². The summed E-state index contributed by atoms with van der Waals surface area (Å²) < 4.78 is 11.7. The summed E-state index contributed by atoms with van der Waals surface area (Å²) in [4.78, 5) is 21.4. The lowest BCUT2D eigenvalue weighted by atomic mass is 9.97. The molecule has 1 aromatic rings. The summed E-state index contributed by atoms with van der Waals surface area (Å²) in [7, 11) is 0. The van der Waals surface area contributed by atoms with Crippen LogP contribution in [0.25, 0.3) is 0 Å². The molecule has 114 valence electrons. The van der Waals surface area contributed by atoms with Crippen molar-refractivity contribution in [2.75, 3.05) is 0 Å². The van der Waals surface area contributed by atoms with Crippen molar-refractivity contribution in [2.45, 2.75) is 51.4 Å². The molecule has 1 atom stereocenters. The van der Waals surface area contributed by atoms with Crippen LogP contribution in [0.5, 0.6) is 5.75 Å². The zero-order chi connectivity index (χ0) is 15.8. The number of nitrogens with zero attached hydrogens (tertiary/aromatic N) is 1. The second-order valence-corrected chi connectivity index (χ2v) is 6.38. The molecule has 1 aliphatic heterocycles. The fourth-order valence-electron chi connectivity index (χ4n) is 2.70. The number of benzene rings is 1. The van der Waals surface area contributed by atoms with E-state index in [1.54, 1.807) is 0 Å². The lowest BCUT2D eigenvalue weighted by Crippen LogP contribution is -2.36. The van der Waals surface area contributed by atoms with Crippen molar-refractivity contribution in [1.29, 1.82) is 0 Å². The molecule has 1 fully saturated rings. The third-order valence-corrected chi connectivity index (χ3v) is 3.58. The van der Waals surface area contributed by atoms with Gasteiger partial charge in [0.2, 0.25) is 0 Å². The first-order chi connectivity index (χ1) is 9.64. The molecular weight excluding hydrogens is 274 g/mol. The molecule has 0 saturated carbocycles. The van der Waals surface area contributed by atoms with Crippen molar-refractivity contribution in [3.63, 3.8) is 0 Å². The maximum atomic E-state index is 11.1. The summed E-state index contributed by atoms with van der Waals surface area (Å²) in [6, 6.07) is 4.08. The predicted molar refractivity (Wildman–Crippen MR) is 76.8 cm³/mol. The molecule has 1 aliphatic rings. The van der Waals surface area contributed by atoms with Gasteiger partial charge in [0, 0.05) is 18.1 Å². The second-order valence-electron chi connectivity index (χ2n) is 6.38. The molecule has 1 saturated heterocycles. The van der Waals surface area contributed by atoms with Gasteiger partial charge in [-0.15, -0.1) is 0 Å². The minimum atomic E-state index is -0.561. The molecule has 0 radical (unpaired) electrons. The number of carbonyl (C=O) groups is 1. The van der Waals surface area contributed by atoms with Crippen molar-refractivity contribution in [3.05, 3.63) is 33.9 Å². The third-order valence-electron chi connectivity index (χ3n) is 3.58. The highest BCUT2D eigenvalue weighted by Crippen LogP contribution is 2.41. The molecular formula is C15H19NO5. The Bertz CT molecular complexity index is 579. The van der Waals surface area contributed by atoms with E-state index in [-0.39, 0.29) is 23.1 Å². The third kappa shape index (κ3) is 3.21. The van der Waals surface area contributed by atoms with Crippen molar-refractivity contribution in [3.8, 4) is 5.75 Å². The first-order valence-electron chi connectivity index (χ1n) is 6.75. The Hall–Kier alpha value is -1.95. The number of carbonyl (C=O) groups excluding carboxylic acids is 1. The van der Waals surface area contributed by atoms with E-state index in [2.05, 4.69) is 0 Å². The number of nitro benzene ring substituents is 1. The minimum Gasteiger partial charge on any atom is -0.480 e. The normalized spacial score (nSPS) is 22.8. The predicted octanol–water partition coefficient (Wildman–Crippen LogP) is 3.13. The smallest absolute Gasteiger partial charge is 0.310 e. The van der Waals surface area contributed by atoms with E-state index >= 15 is 0 Å². The molecule has 0 spiro atoms. The summed E-state index contributed by atoms with van der Waals surface area (Å²) in [6.45, 7) is 7.69. The van der Waals surface area contributed by atoms with Gasteiger partial charge < -0.3 is 9.47 Å². The summed E-state index contributed by atoms with van der Waals surface area (Å²) in [5.74, 6) is 0.101.